The quantitative estimate of drug-likeness (QED) is 0.901. The van der Waals surface area contributed by atoms with Crippen molar-refractivity contribution in [3.05, 3.63) is 58.4 Å². The number of hydrogen-bond acceptors (Lipinski definition) is 1. The van der Waals surface area contributed by atoms with E-state index >= 15 is 0 Å². The average Bonchev–Trinajstić information content (AvgIpc) is 2.78. The molecule has 0 radical (unpaired) electrons. The first-order chi connectivity index (χ1) is 9.70. The van der Waals surface area contributed by atoms with E-state index < -0.39 is 0 Å². The van der Waals surface area contributed by atoms with Gasteiger partial charge in [-0.2, -0.15) is 0 Å². The minimum Gasteiger partial charge on any atom is -0.388 e. The van der Waals surface area contributed by atoms with Gasteiger partial charge in [-0.1, -0.05) is 31.2 Å². The number of hydrogen-bond donors (Lipinski definition) is 1. The van der Waals surface area contributed by atoms with Gasteiger partial charge in [-0.05, 0) is 49.8 Å². The standard InChI is InChI=1S/C18H23NO/c1-3-14-7-4-5-8-15(14)12-19-13(2)11-16-17(19)9-6-10-18(16)20/h4-5,7-8,11,18,20H,3,6,9-10,12H2,1-2H3. The number of aliphatic hydroxyl groups is 1. The Morgan fingerprint density at radius 1 is 1.25 bits per heavy atom. The molecule has 0 amide bonds. The van der Waals surface area contributed by atoms with Crippen LogP contribution >= 0.6 is 0 Å². The summed E-state index contributed by atoms with van der Waals surface area (Å²) in [5.74, 6) is 0. The number of fused-ring (bicyclic) bond motifs is 1. The second kappa shape index (κ2) is 5.45. The fourth-order valence-electron chi connectivity index (χ4n) is 3.39. The summed E-state index contributed by atoms with van der Waals surface area (Å²) in [4.78, 5) is 0. The van der Waals surface area contributed by atoms with Gasteiger partial charge < -0.3 is 9.67 Å². The predicted octanol–water partition coefficient (Wildman–Crippen LogP) is 3.78. The number of nitrogens with zero attached hydrogens (tertiary/aromatic N) is 1. The van der Waals surface area contributed by atoms with Crippen molar-refractivity contribution in [3.8, 4) is 0 Å². The van der Waals surface area contributed by atoms with Crippen LogP contribution in [0, 0.1) is 6.92 Å². The summed E-state index contributed by atoms with van der Waals surface area (Å²) in [5, 5.41) is 10.2. The highest BCUT2D eigenvalue weighted by Gasteiger charge is 2.23. The van der Waals surface area contributed by atoms with Crippen molar-refractivity contribution >= 4 is 0 Å². The van der Waals surface area contributed by atoms with E-state index in [0.717, 1.165) is 37.8 Å². The number of aromatic nitrogens is 1. The molecule has 1 unspecified atom stereocenters. The van der Waals surface area contributed by atoms with Gasteiger partial charge in [0.15, 0.2) is 0 Å². The first-order valence-corrected chi connectivity index (χ1v) is 7.64. The van der Waals surface area contributed by atoms with Crippen LogP contribution < -0.4 is 0 Å². The maximum Gasteiger partial charge on any atom is 0.0807 e. The zero-order valence-corrected chi connectivity index (χ0v) is 12.4. The summed E-state index contributed by atoms with van der Waals surface area (Å²) < 4.78 is 2.40. The van der Waals surface area contributed by atoms with E-state index in [2.05, 4.69) is 48.7 Å². The third-order valence-electron chi connectivity index (χ3n) is 4.53. The third kappa shape index (κ3) is 2.29. The van der Waals surface area contributed by atoms with E-state index in [4.69, 9.17) is 0 Å². The van der Waals surface area contributed by atoms with E-state index in [1.807, 2.05) is 0 Å². The minimum atomic E-state index is -0.264. The Morgan fingerprint density at radius 2 is 2.00 bits per heavy atom. The molecule has 20 heavy (non-hydrogen) atoms. The molecule has 0 fully saturated rings. The highest BCUT2D eigenvalue weighted by atomic mass is 16.3. The summed E-state index contributed by atoms with van der Waals surface area (Å²) in [6.45, 7) is 5.29. The normalized spacial score (nSPS) is 18.1. The fourth-order valence-corrected chi connectivity index (χ4v) is 3.39. The molecule has 0 spiro atoms. The first kappa shape index (κ1) is 13.4. The van der Waals surface area contributed by atoms with Gasteiger partial charge >= 0.3 is 0 Å². The molecule has 2 heteroatoms. The molecule has 0 aliphatic heterocycles. The van der Waals surface area contributed by atoms with Crippen LogP contribution in [0.3, 0.4) is 0 Å². The van der Waals surface area contributed by atoms with Crippen molar-refractivity contribution in [3.63, 3.8) is 0 Å². The van der Waals surface area contributed by atoms with Gasteiger partial charge in [-0.3, -0.25) is 0 Å². The molecule has 1 aromatic heterocycles. The Kier molecular flexibility index (Phi) is 3.66. The van der Waals surface area contributed by atoms with Crippen molar-refractivity contribution in [1.29, 1.82) is 0 Å². The van der Waals surface area contributed by atoms with Gasteiger partial charge in [0.2, 0.25) is 0 Å². The molecule has 3 rings (SSSR count). The van der Waals surface area contributed by atoms with Crippen LogP contribution in [0.1, 0.15) is 53.9 Å². The largest absolute Gasteiger partial charge is 0.388 e. The molecule has 2 nitrogen and oxygen atoms in total. The second-order valence-corrected chi connectivity index (χ2v) is 5.80. The monoisotopic (exact) mass is 269 g/mol. The zero-order valence-electron chi connectivity index (χ0n) is 12.4. The van der Waals surface area contributed by atoms with Gasteiger partial charge in [0, 0.05) is 23.5 Å². The molecule has 1 aliphatic rings. The number of aliphatic hydroxyl groups excluding tert-OH is 1. The SMILES string of the molecule is CCc1ccccc1Cn1c(C)cc2c1CCCC2O. The van der Waals surface area contributed by atoms with Crippen LogP contribution in [0.4, 0.5) is 0 Å². The third-order valence-corrected chi connectivity index (χ3v) is 4.53. The van der Waals surface area contributed by atoms with Crippen LogP contribution in [-0.4, -0.2) is 9.67 Å². The lowest BCUT2D eigenvalue weighted by Crippen LogP contribution is -2.13. The Balaban J connectivity index is 1.99. The van der Waals surface area contributed by atoms with Crippen molar-refractivity contribution in [2.75, 3.05) is 0 Å². The molecular formula is C18H23NO. The van der Waals surface area contributed by atoms with Gasteiger partial charge in [-0.15, -0.1) is 0 Å². The van der Waals surface area contributed by atoms with Crippen LogP contribution in [0.5, 0.6) is 0 Å². The molecule has 0 bridgehead atoms. The lowest BCUT2D eigenvalue weighted by Gasteiger charge is -2.21. The fraction of sp³-hybridized carbons (Fsp3) is 0.444. The number of rotatable bonds is 3. The Labute approximate surface area is 121 Å². The van der Waals surface area contributed by atoms with Crippen molar-refractivity contribution in [1.82, 2.24) is 4.57 Å². The molecule has 106 valence electrons. The summed E-state index contributed by atoms with van der Waals surface area (Å²) in [7, 11) is 0. The highest BCUT2D eigenvalue weighted by Crippen LogP contribution is 2.32. The average molecular weight is 269 g/mol. The summed E-state index contributed by atoms with van der Waals surface area (Å²) in [6, 6.07) is 10.9. The molecule has 1 N–H and O–H groups in total. The van der Waals surface area contributed by atoms with E-state index in [0.29, 0.717) is 0 Å². The number of aryl methyl sites for hydroxylation is 2. The number of benzene rings is 1. The second-order valence-electron chi connectivity index (χ2n) is 5.80. The van der Waals surface area contributed by atoms with Crippen molar-refractivity contribution in [2.24, 2.45) is 0 Å². The summed E-state index contributed by atoms with van der Waals surface area (Å²) >= 11 is 0. The van der Waals surface area contributed by atoms with E-state index in [1.54, 1.807) is 0 Å². The first-order valence-electron chi connectivity index (χ1n) is 7.64. The molecule has 1 aliphatic carbocycles. The molecule has 0 saturated carbocycles. The van der Waals surface area contributed by atoms with Crippen LogP contribution in [0.2, 0.25) is 0 Å². The lowest BCUT2D eigenvalue weighted by atomic mass is 9.95. The Bertz CT molecular complexity index is 612. The maximum absolute atomic E-state index is 10.2. The van der Waals surface area contributed by atoms with Gasteiger partial charge in [0.25, 0.3) is 0 Å². The van der Waals surface area contributed by atoms with E-state index in [1.165, 1.54) is 22.5 Å². The van der Waals surface area contributed by atoms with Gasteiger partial charge in [-0.25, -0.2) is 0 Å². The van der Waals surface area contributed by atoms with Gasteiger partial charge in [0.05, 0.1) is 6.10 Å². The van der Waals surface area contributed by atoms with E-state index in [9.17, 15) is 5.11 Å². The van der Waals surface area contributed by atoms with Crippen LogP contribution in [0.25, 0.3) is 0 Å². The molecule has 2 aromatic rings. The minimum absolute atomic E-state index is 0.264. The Morgan fingerprint density at radius 3 is 2.75 bits per heavy atom. The molecule has 1 heterocycles. The van der Waals surface area contributed by atoms with Crippen LogP contribution in [-0.2, 0) is 19.4 Å². The van der Waals surface area contributed by atoms with Crippen molar-refractivity contribution in [2.45, 2.75) is 52.2 Å². The topological polar surface area (TPSA) is 25.2 Å². The molecule has 0 saturated heterocycles. The molecular weight excluding hydrogens is 246 g/mol. The smallest absolute Gasteiger partial charge is 0.0807 e. The van der Waals surface area contributed by atoms with Crippen molar-refractivity contribution < 1.29 is 5.11 Å². The Hall–Kier alpha value is -1.54. The predicted molar refractivity (Wildman–Crippen MR) is 82.0 cm³/mol. The maximum atomic E-state index is 10.2. The zero-order chi connectivity index (χ0) is 14.1. The highest BCUT2D eigenvalue weighted by molar-refractivity contribution is 5.34. The van der Waals surface area contributed by atoms with E-state index in [-0.39, 0.29) is 6.10 Å². The molecule has 1 atom stereocenters. The molecule has 1 aromatic carbocycles. The van der Waals surface area contributed by atoms with Crippen LogP contribution in [0.15, 0.2) is 30.3 Å². The summed E-state index contributed by atoms with van der Waals surface area (Å²) in [5.41, 5.74) is 6.58. The lowest BCUT2D eigenvalue weighted by molar-refractivity contribution is 0.156. The summed E-state index contributed by atoms with van der Waals surface area (Å²) in [6.07, 6.45) is 3.89. The van der Waals surface area contributed by atoms with Gasteiger partial charge in [0.1, 0.15) is 0 Å².